The summed E-state index contributed by atoms with van der Waals surface area (Å²) >= 11 is 0. The van der Waals surface area contributed by atoms with Gasteiger partial charge in [-0.05, 0) is 59.8 Å². The van der Waals surface area contributed by atoms with Gasteiger partial charge in [-0.2, -0.15) is 0 Å². The van der Waals surface area contributed by atoms with E-state index >= 15 is 0 Å². The number of nitrogens with one attached hydrogen (secondary N) is 1. The summed E-state index contributed by atoms with van der Waals surface area (Å²) in [5.41, 5.74) is 7.55. The fourth-order valence-electron chi connectivity index (χ4n) is 3.32. The summed E-state index contributed by atoms with van der Waals surface area (Å²) in [5.74, 6) is 0.855. The maximum absolute atomic E-state index is 5.71. The Bertz CT molecular complexity index is 683. The standard InChI is InChI=1S/C23H34N2O2/c1-7-25(8-2)13-14-27-24-21-15-20(16-23(4,5)17-21)18(3)19-9-11-22(26-6)12-10-19/h9-12,15,17,24H,3,7-8,13-14,16H2,1-2,4-6H3. The van der Waals surface area contributed by atoms with E-state index in [2.05, 4.69) is 68.9 Å². The molecule has 0 radical (unpaired) electrons. The zero-order valence-corrected chi connectivity index (χ0v) is 17.5. The van der Waals surface area contributed by atoms with Gasteiger partial charge in [-0.25, -0.2) is 0 Å². The van der Waals surface area contributed by atoms with Crippen molar-refractivity contribution in [2.45, 2.75) is 34.1 Å². The van der Waals surface area contributed by atoms with Crippen molar-refractivity contribution >= 4 is 5.57 Å². The monoisotopic (exact) mass is 370 g/mol. The van der Waals surface area contributed by atoms with Crippen LogP contribution in [0.15, 0.2) is 54.3 Å². The predicted octanol–water partition coefficient (Wildman–Crippen LogP) is 4.81. The second kappa shape index (κ2) is 9.77. The average molecular weight is 371 g/mol. The lowest BCUT2D eigenvalue weighted by Crippen LogP contribution is -2.29. The molecule has 1 N–H and O–H groups in total. The number of likely N-dealkylation sites (N-methyl/N-ethyl adjacent to an activating group) is 1. The Labute approximate surface area is 164 Å². The highest BCUT2D eigenvalue weighted by atomic mass is 16.6. The SMILES string of the molecule is C=C(C1=CC(NOCCN(CC)CC)=CC(C)(C)C1)c1ccc(OC)cc1. The van der Waals surface area contributed by atoms with E-state index in [1.54, 1.807) is 7.11 Å². The van der Waals surface area contributed by atoms with E-state index in [4.69, 9.17) is 9.57 Å². The Morgan fingerprint density at radius 3 is 2.44 bits per heavy atom. The van der Waals surface area contributed by atoms with Gasteiger partial charge in [0, 0.05) is 6.54 Å². The van der Waals surface area contributed by atoms with E-state index in [0.717, 1.165) is 48.6 Å². The van der Waals surface area contributed by atoms with Gasteiger partial charge >= 0.3 is 0 Å². The quantitative estimate of drug-likeness (QED) is 0.473. The normalized spacial score (nSPS) is 15.9. The highest BCUT2D eigenvalue weighted by Gasteiger charge is 2.24. The van der Waals surface area contributed by atoms with E-state index in [9.17, 15) is 0 Å². The second-order valence-corrected chi connectivity index (χ2v) is 7.62. The third kappa shape index (κ3) is 6.26. The van der Waals surface area contributed by atoms with Crippen LogP contribution in [-0.4, -0.2) is 38.3 Å². The van der Waals surface area contributed by atoms with Gasteiger partial charge in [-0.3, -0.25) is 10.3 Å². The number of hydroxylamine groups is 1. The number of hydrogen-bond acceptors (Lipinski definition) is 4. The molecule has 0 unspecified atom stereocenters. The van der Waals surface area contributed by atoms with Gasteiger partial charge in [-0.15, -0.1) is 0 Å². The van der Waals surface area contributed by atoms with Crippen LogP contribution in [0.5, 0.6) is 5.75 Å². The summed E-state index contributed by atoms with van der Waals surface area (Å²) in [4.78, 5) is 8.05. The number of rotatable bonds is 10. The largest absolute Gasteiger partial charge is 0.497 e. The number of benzene rings is 1. The van der Waals surface area contributed by atoms with E-state index in [1.165, 1.54) is 5.57 Å². The molecule has 2 rings (SSSR count). The number of methoxy groups -OCH3 is 1. The summed E-state index contributed by atoms with van der Waals surface area (Å²) < 4.78 is 5.25. The summed E-state index contributed by atoms with van der Waals surface area (Å²) in [6.07, 6.45) is 5.33. The van der Waals surface area contributed by atoms with E-state index in [-0.39, 0.29) is 5.41 Å². The van der Waals surface area contributed by atoms with Gasteiger partial charge in [-0.1, -0.05) is 52.5 Å². The molecule has 1 aliphatic rings. The van der Waals surface area contributed by atoms with E-state index < -0.39 is 0 Å². The van der Waals surface area contributed by atoms with Crippen LogP contribution in [0.1, 0.15) is 39.7 Å². The second-order valence-electron chi connectivity index (χ2n) is 7.62. The van der Waals surface area contributed by atoms with E-state index in [0.29, 0.717) is 6.61 Å². The molecule has 4 nitrogen and oxygen atoms in total. The molecule has 1 aromatic carbocycles. The maximum atomic E-state index is 5.71. The number of allylic oxidation sites excluding steroid dienone is 4. The van der Waals surface area contributed by atoms with Crippen LogP contribution in [0, 0.1) is 5.41 Å². The number of nitrogens with zero attached hydrogens (tertiary/aromatic N) is 1. The first-order valence-electron chi connectivity index (χ1n) is 9.75. The van der Waals surface area contributed by atoms with Crippen LogP contribution in [0.25, 0.3) is 5.57 Å². The molecule has 148 valence electrons. The van der Waals surface area contributed by atoms with Gasteiger partial charge in [0.25, 0.3) is 0 Å². The molecule has 0 spiro atoms. The molecule has 0 aliphatic heterocycles. The van der Waals surface area contributed by atoms with Crippen LogP contribution >= 0.6 is 0 Å². The van der Waals surface area contributed by atoms with Gasteiger partial charge < -0.3 is 9.64 Å². The van der Waals surface area contributed by atoms with Crippen molar-refractivity contribution in [1.29, 1.82) is 0 Å². The average Bonchev–Trinajstić information content (AvgIpc) is 2.66. The van der Waals surface area contributed by atoms with Gasteiger partial charge in [0.15, 0.2) is 0 Å². The minimum absolute atomic E-state index is 0.0457. The van der Waals surface area contributed by atoms with Crippen LogP contribution < -0.4 is 10.2 Å². The molecule has 0 saturated heterocycles. The molecular weight excluding hydrogens is 336 g/mol. The Morgan fingerprint density at radius 1 is 1.19 bits per heavy atom. The first-order chi connectivity index (χ1) is 12.9. The predicted molar refractivity (Wildman–Crippen MR) is 113 cm³/mol. The van der Waals surface area contributed by atoms with Crippen molar-refractivity contribution in [3.63, 3.8) is 0 Å². The smallest absolute Gasteiger partial charge is 0.118 e. The molecule has 0 amide bonds. The van der Waals surface area contributed by atoms with Crippen LogP contribution in [0.3, 0.4) is 0 Å². The molecule has 0 bridgehead atoms. The fraction of sp³-hybridized carbons (Fsp3) is 0.478. The molecule has 1 aliphatic carbocycles. The Morgan fingerprint density at radius 2 is 1.85 bits per heavy atom. The molecule has 0 fully saturated rings. The highest BCUT2D eigenvalue weighted by Crippen LogP contribution is 2.38. The van der Waals surface area contributed by atoms with Gasteiger partial charge in [0.2, 0.25) is 0 Å². The van der Waals surface area contributed by atoms with Crippen molar-refractivity contribution in [2.75, 3.05) is 33.4 Å². The Hall–Kier alpha value is -2.04. The van der Waals surface area contributed by atoms with Crippen LogP contribution in [0.4, 0.5) is 0 Å². The summed E-state index contributed by atoms with van der Waals surface area (Å²) in [6, 6.07) is 8.06. The Kier molecular flexibility index (Phi) is 7.69. The number of hydrogen-bond donors (Lipinski definition) is 1. The first kappa shape index (κ1) is 21.3. The third-order valence-electron chi connectivity index (χ3n) is 4.94. The first-order valence-corrected chi connectivity index (χ1v) is 9.75. The Balaban J connectivity index is 2.03. The lowest BCUT2D eigenvalue weighted by atomic mass is 9.78. The van der Waals surface area contributed by atoms with Crippen molar-refractivity contribution in [1.82, 2.24) is 10.4 Å². The van der Waals surface area contributed by atoms with Crippen molar-refractivity contribution in [3.8, 4) is 5.75 Å². The van der Waals surface area contributed by atoms with Crippen molar-refractivity contribution < 1.29 is 9.57 Å². The highest BCUT2D eigenvalue weighted by molar-refractivity contribution is 5.78. The summed E-state index contributed by atoms with van der Waals surface area (Å²) in [7, 11) is 1.68. The van der Waals surface area contributed by atoms with Crippen molar-refractivity contribution in [2.24, 2.45) is 5.41 Å². The maximum Gasteiger partial charge on any atom is 0.118 e. The summed E-state index contributed by atoms with van der Waals surface area (Å²) in [6.45, 7) is 16.8. The molecule has 1 aromatic rings. The molecule has 4 heteroatoms. The van der Waals surface area contributed by atoms with Gasteiger partial charge in [0.1, 0.15) is 5.75 Å². The molecule has 0 aromatic heterocycles. The zero-order chi connectivity index (χ0) is 19.9. The molecule has 0 saturated carbocycles. The van der Waals surface area contributed by atoms with E-state index in [1.807, 2.05) is 12.1 Å². The molecule has 0 heterocycles. The minimum atomic E-state index is 0.0457. The minimum Gasteiger partial charge on any atom is -0.497 e. The van der Waals surface area contributed by atoms with Gasteiger partial charge in [0.05, 0.1) is 19.4 Å². The third-order valence-corrected chi connectivity index (χ3v) is 4.94. The number of ether oxygens (including phenoxy) is 1. The zero-order valence-electron chi connectivity index (χ0n) is 17.5. The topological polar surface area (TPSA) is 33.7 Å². The lowest BCUT2D eigenvalue weighted by molar-refractivity contribution is 0.0475. The molecule has 0 atom stereocenters. The fourth-order valence-corrected chi connectivity index (χ4v) is 3.32. The van der Waals surface area contributed by atoms with Crippen LogP contribution in [-0.2, 0) is 4.84 Å². The summed E-state index contributed by atoms with van der Waals surface area (Å²) in [5, 5.41) is 0. The molecular formula is C23H34N2O2. The molecule has 27 heavy (non-hydrogen) atoms. The van der Waals surface area contributed by atoms with Crippen LogP contribution in [0.2, 0.25) is 0 Å². The lowest BCUT2D eigenvalue weighted by Gasteiger charge is -2.29. The van der Waals surface area contributed by atoms with Crippen molar-refractivity contribution in [3.05, 3.63) is 59.8 Å².